The van der Waals surface area contributed by atoms with Crippen LogP contribution in [0.2, 0.25) is 0 Å². The highest BCUT2D eigenvalue weighted by atomic mass is 16.1. The number of aromatic nitrogens is 1. The lowest BCUT2D eigenvalue weighted by molar-refractivity contribution is 0.0945. The molecule has 3 rings (SSSR count). The number of fused-ring (bicyclic) bond motifs is 1. The van der Waals surface area contributed by atoms with Crippen molar-refractivity contribution in [2.75, 3.05) is 0 Å². The summed E-state index contributed by atoms with van der Waals surface area (Å²) in [5.74, 6) is 0.0108. The highest BCUT2D eigenvalue weighted by Crippen LogP contribution is 2.62. The zero-order valence-electron chi connectivity index (χ0n) is 11.9. The molecule has 0 aliphatic heterocycles. The molecular weight excluding hydrogens is 236 g/mol. The fourth-order valence-electron chi connectivity index (χ4n) is 3.04. The van der Waals surface area contributed by atoms with Crippen LogP contribution in [-0.2, 0) is 0 Å². The number of rotatable bonds is 2. The number of hydrogen-bond donors (Lipinski definition) is 2. The van der Waals surface area contributed by atoms with Crippen LogP contribution < -0.4 is 5.32 Å². The number of amides is 1. The molecule has 1 saturated carbocycles. The van der Waals surface area contributed by atoms with Gasteiger partial charge in [0.25, 0.3) is 5.91 Å². The van der Waals surface area contributed by atoms with Crippen molar-refractivity contribution in [1.29, 1.82) is 0 Å². The predicted octanol–water partition coefficient (Wildman–Crippen LogP) is 3.33. The van der Waals surface area contributed by atoms with Gasteiger partial charge in [0.05, 0.1) is 11.1 Å². The zero-order chi connectivity index (χ0) is 13.8. The van der Waals surface area contributed by atoms with Gasteiger partial charge in [-0.3, -0.25) is 4.79 Å². The second kappa shape index (κ2) is 3.62. The molecule has 100 valence electrons. The Bertz CT molecular complexity index is 638. The maximum absolute atomic E-state index is 12.5. The second-order valence-electron chi connectivity index (χ2n) is 6.60. The Morgan fingerprint density at radius 3 is 2.47 bits per heavy atom. The molecule has 1 fully saturated rings. The summed E-state index contributed by atoms with van der Waals surface area (Å²) < 4.78 is 0. The molecule has 2 aromatic rings. The minimum atomic E-state index is 0.0108. The fourth-order valence-corrected chi connectivity index (χ4v) is 3.04. The van der Waals surface area contributed by atoms with E-state index in [1.165, 1.54) is 0 Å². The third-order valence-electron chi connectivity index (χ3n) is 5.13. The van der Waals surface area contributed by atoms with Gasteiger partial charge in [-0.1, -0.05) is 39.8 Å². The normalized spacial score (nSPS) is 20.4. The maximum Gasteiger partial charge on any atom is 0.253 e. The van der Waals surface area contributed by atoms with Crippen LogP contribution in [0.1, 0.15) is 38.1 Å². The molecule has 0 radical (unpaired) electrons. The van der Waals surface area contributed by atoms with E-state index in [0.717, 1.165) is 16.5 Å². The van der Waals surface area contributed by atoms with E-state index in [9.17, 15) is 4.79 Å². The SMILES string of the molecule is CC1(C)C(NC(=O)c2cccc3cc[nH]c23)C1(C)C. The van der Waals surface area contributed by atoms with Crippen molar-refractivity contribution in [3.8, 4) is 0 Å². The Labute approximate surface area is 113 Å². The van der Waals surface area contributed by atoms with Crippen molar-refractivity contribution in [3.63, 3.8) is 0 Å². The molecule has 3 nitrogen and oxygen atoms in total. The van der Waals surface area contributed by atoms with Gasteiger partial charge in [-0.15, -0.1) is 0 Å². The van der Waals surface area contributed by atoms with Crippen LogP contribution in [0, 0.1) is 10.8 Å². The molecule has 1 aliphatic carbocycles. The maximum atomic E-state index is 12.5. The van der Waals surface area contributed by atoms with Crippen molar-refractivity contribution in [1.82, 2.24) is 10.3 Å². The third-order valence-corrected chi connectivity index (χ3v) is 5.13. The smallest absolute Gasteiger partial charge is 0.253 e. The van der Waals surface area contributed by atoms with E-state index in [1.54, 1.807) is 0 Å². The van der Waals surface area contributed by atoms with Crippen LogP contribution in [-0.4, -0.2) is 16.9 Å². The summed E-state index contributed by atoms with van der Waals surface area (Å²) in [6, 6.07) is 8.02. The van der Waals surface area contributed by atoms with E-state index >= 15 is 0 Å². The number of hydrogen-bond acceptors (Lipinski definition) is 1. The Morgan fingerprint density at radius 2 is 1.84 bits per heavy atom. The molecule has 0 atom stereocenters. The first-order chi connectivity index (χ1) is 8.85. The number of para-hydroxylation sites is 1. The summed E-state index contributed by atoms with van der Waals surface area (Å²) in [7, 11) is 0. The fraction of sp³-hybridized carbons (Fsp3) is 0.438. The second-order valence-corrected chi connectivity index (χ2v) is 6.60. The standard InChI is InChI=1S/C16H20N2O/c1-15(2)14(16(15,3)4)18-13(19)11-7-5-6-10-8-9-17-12(10)11/h5-9,14,17H,1-4H3,(H,18,19). The van der Waals surface area contributed by atoms with Crippen LogP contribution in [0.4, 0.5) is 0 Å². The Kier molecular flexibility index (Phi) is 2.34. The molecule has 19 heavy (non-hydrogen) atoms. The lowest BCUT2D eigenvalue weighted by Crippen LogP contribution is -2.29. The highest BCUT2D eigenvalue weighted by Gasteiger charge is 2.65. The summed E-state index contributed by atoms with van der Waals surface area (Å²) in [6.07, 6.45) is 1.87. The number of carbonyl (C=O) groups excluding carboxylic acids is 1. The molecule has 1 aromatic carbocycles. The molecule has 3 heteroatoms. The number of H-pyrrole nitrogens is 1. The molecule has 1 aromatic heterocycles. The van der Waals surface area contributed by atoms with E-state index < -0.39 is 0 Å². The topological polar surface area (TPSA) is 44.9 Å². The van der Waals surface area contributed by atoms with Crippen LogP contribution in [0.25, 0.3) is 10.9 Å². The van der Waals surface area contributed by atoms with E-state index in [0.29, 0.717) is 0 Å². The van der Waals surface area contributed by atoms with Crippen molar-refractivity contribution in [3.05, 3.63) is 36.0 Å². The molecular formula is C16H20N2O. The summed E-state index contributed by atoms with van der Waals surface area (Å²) >= 11 is 0. The lowest BCUT2D eigenvalue weighted by atomic mass is 10.0. The first-order valence-electron chi connectivity index (χ1n) is 6.72. The Balaban J connectivity index is 1.88. The zero-order valence-corrected chi connectivity index (χ0v) is 11.9. The van der Waals surface area contributed by atoms with Crippen LogP contribution in [0.5, 0.6) is 0 Å². The van der Waals surface area contributed by atoms with Crippen molar-refractivity contribution < 1.29 is 4.79 Å². The van der Waals surface area contributed by atoms with Gasteiger partial charge in [-0.25, -0.2) is 0 Å². The largest absolute Gasteiger partial charge is 0.361 e. The summed E-state index contributed by atoms with van der Waals surface area (Å²) in [5, 5.41) is 4.24. The third kappa shape index (κ3) is 1.61. The van der Waals surface area contributed by atoms with Crippen LogP contribution >= 0.6 is 0 Å². The lowest BCUT2D eigenvalue weighted by Gasteiger charge is -2.08. The predicted molar refractivity (Wildman–Crippen MR) is 77.1 cm³/mol. The van der Waals surface area contributed by atoms with E-state index in [-0.39, 0.29) is 22.8 Å². The van der Waals surface area contributed by atoms with Crippen molar-refractivity contribution in [2.24, 2.45) is 10.8 Å². The van der Waals surface area contributed by atoms with Gasteiger partial charge in [-0.05, 0) is 23.0 Å². The Hall–Kier alpha value is -1.77. The first kappa shape index (κ1) is 12.3. The highest BCUT2D eigenvalue weighted by molar-refractivity contribution is 6.06. The molecule has 2 N–H and O–H groups in total. The average Bonchev–Trinajstić information content (AvgIpc) is 2.77. The van der Waals surface area contributed by atoms with E-state index in [4.69, 9.17) is 0 Å². The van der Waals surface area contributed by atoms with Gasteiger partial charge < -0.3 is 10.3 Å². The van der Waals surface area contributed by atoms with Gasteiger partial charge in [0.1, 0.15) is 0 Å². The molecule has 0 spiro atoms. The molecule has 1 heterocycles. The molecule has 1 amide bonds. The van der Waals surface area contributed by atoms with Crippen LogP contribution in [0.15, 0.2) is 30.5 Å². The average molecular weight is 256 g/mol. The van der Waals surface area contributed by atoms with Crippen LogP contribution in [0.3, 0.4) is 0 Å². The minimum absolute atomic E-state index is 0.0108. The van der Waals surface area contributed by atoms with Gasteiger partial charge >= 0.3 is 0 Å². The van der Waals surface area contributed by atoms with Gasteiger partial charge in [-0.2, -0.15) is 0 Å². The summed E-state index contributed by atoms with van der Waals surface area (Å²) in [4.78, 5) is 15.6. The van der Waals surface area contributed by atoms with E-state index in [2.05, 4.69) is 38.0 Å². The molecule has 0 unspecified atom stereocenters. The number of nitrogens with one attached hydrogen (secondary N) is 2. The summed E-state index contributed by atoms with van der Waals surface area (Å²) in [6.45, 7) is 8.81. The molecule has 0 saturated heterocycles. The van der Waals surface area contributed by atoms with Gasteiger partial charge in [0, 0.05) is 17.6 Å². The number of aromatic amines is 1. The van der Waals surface area contributed by atoms with Crippen molar-refractivity contribution in [2.45, 2.75) is 33.7 Å². The summed E-state index contributed by atoms with van der Waals surface area (Å²) in [5.41, 5.74) is 1.95. The monoisotopic (exact) mass is 256 g/mol. The molecule has 0 bridgehead atoms. The number of benzene rings is 1. The Morgan fingerprint density at radius 1 is 1.16 bits per heavy atom. The number of carbonyl (C=O) groups is 1. The van der Waals surface area contributed by atoms with Gasteiger partial charge in [0.2, 0.25) is 0 Å². The van der Waals surface area contributed by atoms with E-state index in [1.807, 2.05) is 30.5 Å². The quantitative estimate of drug-likeness (QED) is 0.850. The minimum Gasteiger partial charge on any atom is -0.361 e. The molecule has 1 aliphatic rings. The van der Waals surface area contributed by atoms with Crippen molar-refractivity contribution >= 4 is 16.8 Å². The first-order valence-corrected chi connectivity index (χ1v) is 6.72. The van der Waals surface area contributed by atoms with Gasteiger partial charge in [0.15, 0.2) is 0 Å².